The zero-order valence-electron chi connectivity index (χ0n) is 16.7. The van der Waals surface area contributed by atoms with E-state index in [1.165, 1.54) is 0 Å². The fraction of sp³-hybridized carbons (Fsp3) is 0.476. The molecular weight excluding hydrogens is 356 g/mol. The second-order valence-corrected chi connectivity index (χ2v) is 8.78. The monoisotopic (exact) mass is 384 g/mol. The minimum atomic E-state index is -0.297. The van der Waals surface area contributed by atoms with E-state index in [2.05, 4.69) is 43.4 Å². The fourth-order valence-electron chi connectivity index (χ4n) is 3.10. The summed E-state index contributed by atoms with van der Waals surface area (Å²) < 4.78 is 2.05. The molecule has 0 unspecified atom stereocenters. The minimum Gasteiger partial charge on any atom is -0.354 e. The SMILES string of the molecule is CCc1nc2ccccc2n1[C@@H](C)C(=O)NCCc1nc(C(C)(C)C)cs1. The predicted molar refractivity (Wildman–Crippen MR) is 111 cm³/mol. The highest BCUT2D eigenvalue weighted by Crippen LogP contribution is 2.24. The third-order valence-corrected chi connectivity index (χ3v) is 5.62. The van der Waals surface area contributed by atoms with Gasteiger partial charge in [-0.2, -0.15) is 0 Å². The van der Waals surface area contributed by atoms with Crippen LogP contribution in [0.3, 0.4) is 0 Å². The van der Waals surface area contributed by atoms with E-state index in [4.69, 9.17) is 4.98 Å². The lowest BCUT2D eigenvalue weighted by Crippen LogP contribution is -2.33. The van der Waals surface area contributed by atoms with E-state index in [0.717, 1.165) is 40.4 Å². The number of para-hydroxylation sites is 2. The van der Waals surface area contributed by atoms with Crippen molar-refractivity contribution in [2.45, 2.75) is 58.9 Å². The molecule has 144 valence electrons. The van der Waals surface area contributed by atoms with Crippen LogP contribution in [0.15, 0.2) is 29.6 Å². The van der Waals surface area contributed by atoms with E-state index in [9.17, 15) is 4.79 Å². The van der Waals surface area contributed by atoms with Gasteiger partial charge >= 0.3 is 0 Å². The third kappa shape index (κ3) is 4.21. The molecule has 0 radical (unpaired) electrons. The van der Waals surface area contributed by atoms with Crippen LogP contribution in [0.25, 0.3) is 11.0 Å². The van der Waals surface area contributed by atoms with Gasteiger partial charge in [-0.3, -0.25) is 4.79 Å². The van der Waals surface area contributed by atoms with E-state index in [-0.39, 0.29) is 17.4 Å². The Morgan fingerprint density at radius 3 is 2.67 bits per heavy atom. The molecule has 6 heteroatoms. The van der Waals surface area contributed by atoms with Gasteiger partial charge < -0.3 is 9.88 Å². The maximum Gasteiger partial charge on any atom is 0.242 e. The quantitative estimate of drug-likeness (QED) is 0.690. The molecule has 1 amide bonds. The van der Waals surface area contributed by atoms with Crippen molar-refractivity contribution in [1.82, 2.24) is 19.9 Å². The van der Waals surface area contributed by atoms with Gasteiger partial charge in [-0.25, -0.2) is 9.97 Å². The molecule has 1 aromatic carbocycles. The number of fused-ring (bicyclic) bond motifs is 1. The van der Waals surface area contributed by atoms with Crippen molar-refractivity contribution in [2.24, 2.45) is 0 Å². The van der Waals surface area contributed by atoms with Gasteiger partial charge in [0.1, 0.15) is 11.9 Å². The number of hydrogen-bond acceptors (Lipinski definition) is 4. The van der Waals surface area contributed by atoms with Gasteiger partial charge in [-0.05, 0) is 19.1 Å². The van der Waals surface area contributed by atoms with E-state index < -0.39 is 0 Å². The molecule has 2 aromatic heterocycles. The van der Waals surface area contributed by atoms with Gasteiger partial charge in [0, 0.05) is 30.2 Å². The molecule has 1 atom stereocenters. The number of aryl methyl sites for hydroxylation is 1. The number of benzene rings is 1. The lowest BCUT2D eigenvalue weighted by molar-refractivity contribution is -0.123. The summed E-state index contributed by atoms with van der Waals surface area (Å²) >= 11 is 1.66. The molecule has 0 aliphatic carbocycles. The van der Waals surface area contributed by atoms with Crippen LogP contribution in [0.2, 0.25) is 0 Å². The predicted octanol–water partition coefficient (Wildman–Crippen LogP) is 4.27. The van der Waals surface area contributed by atoms with Crippen LogP contribution in [-0.2, 0) is 23.1 Å². The van der Waals surface area contributed by atoms with Crippen molar-refractivity contribution in [3.63, 3.8) is 0 Å². The zero-order chi connectivity index (χ0) is 19.6. The van der Waals surface area contributed by atoms with E-state index in [0.29, 0.717) is 6.54 Å². The molecule has 5 nitrogen and oxygen atoms in total. The van der Waals surface area contributed by atoms with Gasteiger partial charge in [-0.1, -0.05) is 39.8 Å². The van der Waals surface area contributed by atoms with Crippen LogP contribution >= 0.6 is 11.3 Å². The molecule has 0 aliphatic rings. The smallest absolute Gasteiger partial charge is 0.242 e. The topological polar surface area (TPSA) is 59.8 Å². The largest absolute Gasteiger partial charge is 0.354 e. The highest BCUT2D eigenvalue weighted by molar-refractivity contribution is 7.09. The molecule has 0 aliphatic heterocycles. The second-order valence-electron chi connectivity index (χ2n) is 7.83. The van der Waals surface area contributed by atoms with Crippen LogP contribution in [-0.4, -0.2) is 27.0 Å². The molecule has 27 heavy (non-hydrogen) atoms. The number of hydrogen-bond donors (Lipinski definition) is 1. The van der Waals surface area contributed by atoms with Gasteiger partial charge in [0.25, 0.3) is 0 Å². The Hall–Kier alpha value is -2.21. The number of carbonyl (C=O) groups is 1. The summed E-state index contributed by atoms with van der Waals surface area (Å²) in [5.74, 6) is 0.953. The first-order valence-corrected chi connectivity index (χ1v) is 10.4. The van der Waals surface area contributed by atoms with E-state index in [1.807, 2.05) is 35.8 Å². The molecule has 3 aromatic rings. The van der Waals surface area contributed by atoms with Crippen molar-refractivity contribution in [2.75, 3.05) is 6.54 Å². The maximum absolute atomic E-state index is 12.7. The molecule has 1 N–H and O–H groups in total. The molecule has 0 saturated carbocycles. The van der Waals surface area contributed by atoms with E-state index in [1.54, 1.807) is 11.3 Å². The van der Waals surface area contributed by atoms with Gasteiger partial charge in [-0.15, -0.1) is 11.3 Å². The Kier molecular flexibility index (Phi) is 5.65. The van der Waals surface area contributed by atoms with Crippen LogP contribution in [0.5, 0.6) is 0 Å². The standard InChI is InChI=1S/C21H28N4OS/c1-6-18-23-15-9-7-8-10-16(15)25(18)14(2)20(26)22-12-11-19-24-17(13-27-19)21(3,4)5/h7-10,13-14H,6,11-12H2,1-5H3,(H,22,26)/t14-/m0/s1. The highest BCUT2D eigenvalue weighted by Gasteiger charge is 2.21. The first kappa shape index (κ1) is 19.5. The summed E-state index contributed by atoms with van der Waals surface area (Å²) in [4.78, 5) is 22.1. The molecule has 0 spiro atoms. The van der Waals surface area contributed by atoms with Crippen molar-refractivity contribution >= 4 is 28.3 Å². The van der Waals surface area contributed by atoms with Crippen LogP contribution in [0.1, 0.15) is 57.2 Å². The van der Waals surface area contributed by atoms with Gasteiger partial charge in [0.15, 0.2) is 0 Å². The van der Waals surface area contributed by atoms with Gasteiger partial charge in [0.2, 0.25) is 5.91 Å². The summed E-state index contributed by atoms with van der Waals surface area (Å²) in [7, 11) is 0. The Bertz CT molecular complexity index is 935. The number of aromatic nitrogens is 3. The van der Waals surface area contributed by atoms with Crippen molar-refractivity contribution < 1.29 is 4.79 Å². The number of amides is 1. The van der Waals surface area contributed by atoms with Crippen LogP contribution < -0.4 is 5.32 Å². The minimum absolute atomic E-state index is 0.0143. The number of imidazole rings is 1. The van der Waals surface area contributed by atoms with E-state index >= 15 is 0 Å². The number of rotatable bonds is 6. The fourth-order valence-corrected chi connectivity index (χ4v) is 4.13. The lowest BCUT2D eigenvalue weighted by atomic mass is 9.93. The number of nitrogens with one attached hydrogen (secondary N) is 1. The Labute approximate surface area is 164 Å². The molecule has 0 bridgehead atoms. The summed E-state index contributed by atoms with van der Waals surface area (Å²) in [5.41, 5.74) is 3.11. The molecule has 2 heterocycles. The van der Waals surface area contributed by atoms with Crippen molar-refractivity contribution in [1.29, 1.82) is 0 Å². The van der Waals surface area contributed by atoms with Crippen LogP contribution in [0.4, 0.5) is 0 Å². The molecular formula is C21H28N4OS. The second kappa shape index (κ2) is 7.80. The Morgan fingerprint density at radius 2 is 2.00 bits per heavy atom. The summed E-state index contributed by atoms with van der Waals surface area (Å²) in [5, 5.41) is 6.24. The van der Waals surface area contributed by atoms with Crippen molar-refractivity contribution in [3.8, 4) is 0 Å². The number of thiazole rings is 1. The molecule has 3 rings (SSSR count). The molecule has 0 saturated heterocycles. The average Bonchev–Trinajstić information content (AvgIpc) is 3.25. The Balaban J connectivity index is 1.66. The summed E-state index contributed by atoms with van der Waals surface area (Å²) in [6.07, 6.45) is 1.55. The lowest BCUT2D eigenvalue weighted by Gasteiger charge is -2.17. The number of nitrogens with zero attached hydrogens (tertiary/aromatic N) is 3. The third-order valence-electron chi connectivity index (χ3n) is 4.71. The average molecular weight is 385 g/mol. The zero-order valence-corrected chi connectivity index (χ0v) is 17.6. The normalized spacial score (nSPS) is 13.1. The molecule has 0 fully saturated rings. The Morgan fingerprint density at radius 1 is 1.26 bits per heavy atom. The first-order valence-electron chi connectivity index (χ1n) is 9.49. The van der Waals surface area contributed by atoms with Crippen molar-refractivity contribution in [3.05, 3.63) is 46.2 Å². The van der Waals surface area contributed by atoms with Gasteiger partial charge in [0.05, 0.1) is 21.7 Å². The summed E-state index contributed by atoms with van der Waals surface area (Å²) in [6, 6.07) is 7.68. The van der Waals surface area contributed by atoms with Crippen LogP contribution in [0, 0.1) is 0 Å². The number of carbonyl (C=O) groups excluding carboxylic acids is 1. The highest BCUT2D eigenvalue weighted by atomic mass is 32.1. The summed E-state index contributed by atoms with van der Waals surface area (Å²) in [6.45, 7) is 11.1. The maximum atomic E-state index is 12.7. The first-order chi connectivity index (χ1) is 12.8.